The Morgan fingerprint density at radius 1 is 1.05 bits per heavy atom. The van der Waals surface area contributed by atoms with Crippen molar-refractivity contribution in [3.8, 4) is 0 Å². The van der Waals surface area contributed by atoms with Crippen LogP contribution in [0.2, 0.25) is 0 Å². The average molecular weight is 298 g/mol. The second-order valence-electron chi connectivity index (χ2n) is 5.65. The van der Waals surface area contributed by atoms with Gasteiger partial charge in [-0.3, -0.25) is 5.32 Å². The molecule has 0 aliphatic heterocycles. The van der Waals surface area contributed by atoms with E-state index < -0.39 is 6.09 Å². The first-order valence-corrected chi connectivity index (χ1v) is 7.41. The van der Waals surface area contributed by atoms with Crippen molar-refractivity contribution in [2.75, 3.05) is 17.2 Å². The van der Waals surface area contributed by atoms with Crippen LogP contribution in [0.1, 0.15) is 19.4 Å². The van der Waals surface area contributed by atoms with E-state index in [1.165, 1.54) is 5.56 Å². The van der Waals surface area contributed by atoms with Crippen molar-refractivity contribution in [2.45, 2.75) is 20.8 Å². The highest BCUT2D eigenvalue weighted by Crippen LogP contribution is 2.25. The largest absolute Gasteiger partial charge is 0.449 e. The molecule has 4 heteroatoms. The summed E-state index contributed by atoms with van der Waals surface area (Å²) >= 11 is 0. The molecule has 0 bridgehead atoms. The number of hydrogen-bond acceptors (Lipinski definition) is 3. The summed E-state index contributed by atoms with van der Waals surface area (Å²) in [5, 5.41) is 6.07. The van der Waals surface area contributed by atoms with Crippen molar-refractivity contribution in [2.24, 2.45) is 5.92 Å². The third-order valence-electron chi connectivity index (χ3n) is 3.04. The van der Waals surface area contributed by atoms with Gasteiger partial charge in [0.2, 0.25) is 0 Å². The summed E-state index contributed by atoms with van der Waals surface area (Å²) in [7, 11) is 0. The zero-order chi connectivity index (χ0) is 15.9. The Morgan fingerprint density at radius 3 is 2.32 bits per heavy atom. The highest BCUT2D eigenvalue weighted by Gasteiger charge is 2.08. The second kappa shape index (κ2) is 7.50. The lowest BCUT2D eigenvalue weighted by Gasteiger charge is -2.14. The molecule has 0 saturated heterocycles. The van der Waals surface area contributed by atoms with E-state index in [2.05, 4.69) is 10.6 Å². The lowest BCUT2D eigenvalue weighted by molar-refractivity contribution is 0.147. The van der Waals surface area contributed by atoms with E-state index in [1.54, 1.807) is 0 Å². The highest BCUT2D eigenvalue weighted by atomic mass is 16.5. The SMILES string of the molecule is Cc1ccc(Nc2ccccc2NC(=O)OCC(C)C)cc1. The third kappa shape index (κ3) is 4.81. The van der Waals surface area contributed by atoms with E-state index >= 15 is 0 Å². The topological polar surface area (TPSA) is 50.4 Å². The molecule has 2 rings (SSSR count). The van der Waals surface area contributed by atoms with Crippen molar-refractivity contribution >= 4 is 23.2 Å². The smallest absolute Gasteiger partial charge is 0.411 e. The number of aryl methyl sites for hydroxylation is 1. The van der Waals surface area contributed by atoms with E-state index in [0.29, 0.717) is 18.2 Å². The summed E-state index contributed by atoms with van der Waals surface area (Å²) in [5.74, 6) is 0.312. The maximum absolute atomic E-state index is 11.8. The van der Waals surface area contributed by atoms with Crippen LogP contribution in [0.15, 0.2) is 48.5 Å². The minimum absolute atomic E-state index is 0.312. The van der Waals surface area contributed by atoms with Gasteiger partial charge in [0.15, 0.2) is 0 Å². The van der Waals surface area contributed by atoms with Gasteiger partial charge in [0.1, 0.15) is 0 Å². The molecular formula is C18H22N2O2. The number of hydrogen-bond donors (Lipinski definition) is 2. The number of rotatable bonds is 5. The Balaban J connectivity index is 2.06. The Hall–Kier alpha value is -2.49. The molecule has 0 radical (unpaired) electrons. The molecule has 2 N–H and O–H groups in total. The molecule has 0 heterocycles. The molecule has 0 atom stereocenters. The number of ether oxygens (including phenoxy) is 1. The number of amides is 1. The van der Waals surface area contributed by atoms with Crippen molar-refractivity contribution in [1.29, 1.82) is 0 Å². The number of carbonyl (C=O) groups excluding carboxylic acids is 1. The molecular weight excluding hydrogens is 276 g/mol. The summed E-state index contributed by atoms with van der Waals surface area (Å²) in [5.41, 5.74) is 3.69. The fourth-order valence-electron chi connectivity index (χ4n) is 1.88. The predicted octanol–water partition coefficient (Wildman–Crippen LogP) is 4.94. The lowest BCUT2D eigenvalue weighted by Crippen LogP contribution is -2.17. The zero-order valence-corrected chi connectivity index (χ0v) is 13.2. The summed E-state index contributed by atoms with van der Waals surface area (Å²) < 4.78 is 5.15. The molecule has 116 valence electrons. The van der Waals surface area contributed by atoms with Gasteiger partial charge in [-0.2, -0.15) is 0 Å². The molecule has 1 amide bonds. The van der Waals surface area contributed by atoms with Gasteiger partial charge in [-0.05, 0) is 37.1 Å². The number of anilines is 3. The first-order chi connectivity index (χ1) is 10.5. The van der Waals surface area contributed by atoms with E-state index in [4.69, 9.17) is 4.74 Å². The van der Waals surface area contributed by atoms with Crippen molar-refractivity contribution in [1.82, 2.24) is 0 Å². The van der Waals surface area contributed by atoms with Gasteiger partial charge in [0, 0.05) is 5.69 Å². The fraction of sp³-hybridized carbons (Fsp3) is 0.278. The molecule has 4 nitrogen and oxygen atoms in total. The molecule has 0 aliphatic carbocycles. The molecule has 0 unspecified atom stereocenters. The first kappa shape index (κ1) is 15.9. The van der Waals surface area contributed by atoms with Crippen molar-refractivity contribution in [3.05, 3.63) is 54.1 Å². The number of benzene rings is 2. The van der Waals surface area contributed by atoms with Gasteiger partial charge in [-0.25, -0.2) is 4.79 Å². The molecule has 0 aromatic heterocycles. The second-order valence-corrected chi connectivity index (χ2v) is 5.65. The predicted molar refractivity (Wildman–Crippen MR) is 90.7 cm³/mol. The molecule has 2 aromatic carbocycles. The number of carbonyl (C=O) groups is 1. The van der Waals surface area contributed by atoms with Gasteiger partial charge in [-0.1, -0.05) is 43.7 Å². The quantitative estimate of drug-likeness (QED) is 0.821. The number of nitrogens with one attached hydrogen (secondary N) is 2. The van der Waals surface area contributed by atoms with Crippen molar-refractivity contribution < 1.29 is 9.53 Å². The highest BCUT2D eigenvalue weighted by molar-refractivity contribution is 5.90. The van der Waals surface area contributed by atoms with Crippen LogP contribution >= 0.6 is 0 Å². The minimum atomic E-state index is -0.438. The lowest BCUT2D eigenvalue weighted by atomic mass is 10.2. The molecule has 0 saturated carbocycles. The summed E-state index contributed by atoms with van der Waals surface area (Å²) in [6.07, 6.45) is -0.438. The zero-order valence-electron chi connectivity index (χ0n) is 13.2. The van der Waals surface area contributed by atoms with Crippen LogP contribution in [0.4, 0.5) is 21.9 Å². The summed E-state index contributed by atoms with van der Waals surface area (Å²) in [6.45, 7) is 6.45. The third-order valence-corrected chi connectivity index (χ3v) is 3.04. The summed E-state index contributed by atoms with van der Waals surface area (Å²) in [6, 6.07) is 15.6. The normalized spacial score (nSPS) is 10.4. The Kier molecular flexibility index (Phi) is 5.42. The number of para-hydroxylation sites is 2. The van der Waals surface area contributed by atoms with E-state index in [9.17, 15) is 4.79 Å². The molecule has 0 aliphatic rings. The van der Waals surface area contributed by atoms with E-state index in [-0.39, 0.29) is 0 Å². The average Bonchev–Trinajstić information content (AvgIpc) is 2.49. The first-order valence-electron chi connectivity index (χ1n) is 7.41. The van der Waals surface area contributed by atoms with Gasteiger partial charge in [0.25, 0.3) is 0 Å². The van der Waals surface area contributed by atoms with Gasteiger partial charge in [-0.15, -0.1) is 0 Å². The Morgan fingerprint density at radius 2 is 1.68 bits per heavy atom. The van der Waals surface area contributed by atoms with Gasteiger partial charge in [0.05, 0.1) is 18.0 Å². The van der Waals surface area contributed by atoms with Gasteiger partial charge >= 0.3 is 6.09 Å². The van der Waals surface area contributed by atoms with Crippen molar-refractivity contribution in [3.63, 3.8) is 0 Å². The molecule has 2 aromatic rings. The maximum atomic E-state index is 11.8. The molecule has 22 heavy (non-hydrogen) atoms. The van der Waals surface area contributed by atoms with Crippen LogP contribution in [0.25, 0.3) is 0 Å². The van der Waals surface area contributed by atoms with Crippen LogP contribution in [0.3, 0.4) is 0 Å². The van der Waals surface area contributed by atoms with Crippen LogP contribution in [0, 0.1) is 12.8 Å². The fourth-order valence-corrected chi connectivity index (χ4v) is 1.88. The minimum Gasteiger partial charge on any atom is -0.449 e. The monoisotopic (exact) mass is 298 g/mol. The molecule has 0 fully saturated rings. The van der Waals surface area contributed by atoms with E-state index in [1.807, 2.05) is 69.3 Å². The Bertz CT molecular complexity index is 621. The molecule has 0 spiro atoms. The van der Waals surface area contributed by atoms with Crippen LogP contribution in [-0.4, -0.2) is 12.7 Å². The standard InChI is InChI=1S/C18H22N2O2/c1-13(2)12-22-18(21)20-17-7-5-4-6-16(17)19-15-10-8-14(3)9-11-15/h4-11,13,19H,12H2,1-3H3,(H,20,21). The van der Waals surface area contributed by atoms with Crippen LogP contribution < -0.4 is 10.6 Å². The van der Waals surface area contributed by atoms with Gasteiger partial charge < -0.3 is 10.1 Å². The van der Waals surface area contributed by atoms with Crippen LogP contribution in [0.5, 0.6) is 0 Å². The summed E-state index contributed by atoms with van der Waals surface area (Å²) in [4.78, 5) is 11.8. The van der Waals surface area contributed by atoms with E-state index in [0.717, 1.165) is 11.4 Å². The Labute approximate surface area is 131 Å². The van der Waals surface area contributed by atoms with Crippen LogP contribution in [-0.2, 0) is 4.74 Å². The maximum Gasteiger partial charge on any atom is 0.411 e.